The molecule has 0 spiro atoms. The molecule has 0 atom stereocenters. The minimum atomic E-state index is -0.168. The molecule has 0 saturated heterocycles. The first kappa shape index (κ1) is 12.6. The zero-order valence-electron chi connectivity index (χ0n) is 10.2. The molecule has 0 radical (unpaired) electrons. The van der Waals surface area contributed by atoms with Crippen molar-refractivity contribution in [3.8, 4) is 0 Å². The number of hydrogen-bond donors (Lipinski definition) is 0. The Labute approximate surface area is 110 Å². The summed E-state index contributed by atoms with van der Waals surface area (Å²) in [5.41, 5.74) is 1.32. The number of pyridine rings is 1. The van der Waals surface area contributed by atoms with Crippen LogP contribution in [0.3, 0.4) is 0 Å². The van der Waals surface area contributed by atoms with Gasteiger partial charge < -0.3 is 9.32 Å². The van der Waals surface area contributed by atoms with E-state index in [9.17, 15) is 4.79 Å². The van der Waals surface area contributed by atoms with Crippen LogP contribution in [-0.4, -0.2) is 22.8 Å². The molecule has 2 aromatic rings. The van der Waals surface area contributed by atoms with Gasteiger partial charge in [-0.05, 0) is 25.1 Å². The van der Waals surface area contributed by atoms with Crippen LogP contribution in [0.1, 0.15) is 21.8 Å². The zero-order chi connectivity index (χ0) is 13.1. The summed E-state index contributed by atoms with van der Waals surface area (Å²) in [5.74, 6) is 0.645. The number of amides is 1. The third kappa shape index (κ3) is 2.71. The number of carbonyl (C=O) groups excluding carboxylic acids is 1. The van der Waals surface area contributed by atoms with Crippen molar-refractivity contribution >= 4 is 17.5 Å². The van der Waals surface area contributed by atoms with Crippen LogP contribution in [0.4, 0.5) is 0 Å². The van der Waals surface area contributed by atoms with E-state index in [-0.39, 0.29) is 5.91 Å². The Hall–Kier alpha value is -1.81. The van der Waals surface area contributed by atoms with Crippen LogP contribution in [-0.2, 0) is 6.54 Å². The summed E-state index contributed by atoms with van der Waals surface area (Å²) in [5, 5.41) is 0.314. The van der Waals surface area contributed by atoms with E-state index in [0.717, 1.165) is 11.3 Å². The molecule has 0 aliphatic carbocycles. The monoisotopic (exact) mass is 264 g/mol. The highest BCUT2D eigenvalue weighted by Gasteiger charge is 2.15. The van der Waals surface area contributed by atoms with E-state index < -0.39 is 0 Å². The molecule has 2 heterocycles. The summed E-state index contributed by atoms with van der Waals surface area (Å²) in [7, 11) is 1.72. The second kappa shape index (κ2) is 5.23. The number of carbonyl (C=O) groups is 1. The van der Waals surface area contributed by atoms with E-state index in [2.05, 4.69) is 4.98 Å². The fourth-order valence-corrected chi connectivity index (χ4v) is 1.79. The van der Waals surface area contributed by atoms with Gasteiger partial charge in [-0.1, -0.05) is 17.7 Å². The standard InChI is InChI=1S/C13H13ClN2O2/c1-9-10(6-7-18-9)8-16(2)13(17)11-4-3-5-12(14)15-11/h3-7H,8H2,1-2H3. The van der Waals surface area contributed by atoms with Crippen molar-refractivity contribution in [2.75, 3.05) is 7.05 Å². The fraction of sp³-hybridized carbons (Fsp3) is 0.231. The van der Waals surface area contributed by atoms with Gasteiger partial charge in [0.15, 0.2) is 0 Å². The van der Waals surface area contributed by atoms with Crippen LogP contribution in [0.25, 0.3) is 0 Å². The number of halogens is 1. The van der Waals surface area contributed by atoms with Crippen LogP contribution in [0.2, 0.25) is 5.15 Å². The summed E-state index contributed by atoms with van der Waals surface area (Å²) in [6, 6.07) is 6.84. The van der Waals surface area contributed by atoms with Gasteiger partial charge in [0.05, 0.1) is 6.26 Å². The number of hydrogen-bond acceptors (Lipinski definition) is 3. The maximum atomic E-state index is 12.1. The van der Waals surface area contributed by atoms with Gasteiger partial charge in [0.1, 0.15) is 16.6 Å². The SMILES string of the molecule is Cc1occc1CN(C)C(=O)c1cccc(Cl)n1. The first-order valence-corrected chi connectivity index (χ1v) is 5.86. The first-order valence-electron chi connectivity index (χ1n) is 5.49. The lowest BCUT2D eigenvalue weighted by molar-refractivity contribution is 0.0779. The molecule has 1 amide bonds. The predicted octanol–water partition coefficient (Wildman–Crippen LogP) is 2.91. The van der Waals surface area contributed by atoms with E-state index in [1.165, 1.54) is 0 Å². The van der Waals surface area contributed by atoms with Gasteiger partial charge in [0.25, 0.3) is 5.91 Å². The maximum absolute atomic E-state index is 12.1. The molecule has 2 rings (SSSR count). The van der Waals surface area contributed by atoms with Crippen molar-refractivity contribution in [1.82, 2.24) is 9.88 Å². The zero-order valence-corrected chi connectivity index (χ0v) is 10.9. The minimum Gasteiger partial charge on any atom is -0.469 e. The van der Waals surface area contributed by atoms with E-state index in [0.29, 0.717) is 17.4 Å². The van der Waals surface area contributed by atoms with Gasteiger partial charge >= 0.3 is 0 Å². The maximum Gasteiger partial charge on any atom is 0.272 e. The topological polar surface area (TPSA) is 46.3 Å². The molecule has 2 aromatic heterocycles. The quantitative estimate of drug-likeness (QED) is 0.801. The molecule has 94 valence electrons. The smallest absolute Gasteiger partial charge is 0.272 e. The molecular formula is C13H13ClN2O2. The van der Waals surface area contributed by atoms with Gasteiger partial charge in [-0.25, -0.2) is 4.98 Å². The Morgan fingerprint density at radius 3 is 2.83 bits per heavy atom. The van der Waals surface area contributed by atoms with Gasteiger partial charge in [-0.3, -0.25) is 4.79 Å². The minimum absolute atomic E-state index is 0.168. The lowest BCUT2D eigenvalue weighted by Gasteiger charge is -2.16. The summed E-state index contributed by atoms with van der Waals surface area (Å²) in [6.07, 6.45) is 1.61. The Bertz CT molecular complexity index is 566. The third-order valence-corrected chi connectivity index (χ3v) is 2.87. The van der Waals surface area contributed by atoms with E-state index in [4.69, 9.17) is 16.0 Å². The highest BCUT2D eigenvalue weighted by Crippen LogP contribution is 2.13. The molecule has 0 unspecified atom stereocenters. The van der Waals surface area contributed by atoms with Crippen molar-refractivity contribution in [2.45, 2.75) is 13.5 Å². The number of aromatic nitrogens is 1. The van der Waals surface area contributed by atoms with Gasteiger partial charge in [0.2, 0.25) is 0 Å². The number of nitrogens with zero attached hydrogens (tertiary/aromatic N) is 2. The fourth-order valence-electron chi connectivity index (χ4n) is 1.63. The van der Waals surface area contributed by atoms with Gasteiger partial charge in [-0.15, -0.1) is 0 Å². The van der Waals surface area contributed by atoms with E-state index >= 15 is 0 Å². The number of furan rings is 1. The Kier molecular flexibility index (Phi) is 3.67. The van der Waals surface area contributed by atoms with Crippen LogP contribution in [0.5, 0.6) is 0 Å². The molecule has 0 aliphatic rings. The summed E-state index contributed by atoms with van der Waals surface area (Å²) in [6.45, 7) is 2.35. The molecule has 0 saturated carbocycles. The van der Waals surface area contributed by atoms with Crippen LogP contribution in [0.15, 0.2) is 34.9 Å². The highest BCUT2D eigenvalue weighted by atomic mass is 35.5. The molecule has 0 fully saturated rings. The van der Waals surface area contributed by atoms with E-state index in [1.54, 1.807) is 36.4 Å². The van der Waals surface area contributed by atoms with Gasteiger partial charge in [-0.2, -0.15) is 0 Å². The van der Waals surface area contributed by atoms with Crippen molar-refractivity contribution < 1.29 is 9.21 Å². The molecule has 5 heteroatoms. The average molecular weight is 265 g/mol. The number of aryl methyl sites for hydroxylation is 1. The average Bonchev–Trinajstić information content (AvgIpc) is 2.74. The van der Waals surface area contributed by atoms with Crippen molar-refractivity contribution in [1.29, 1.82) is 0 Å². The Balaban J connectivity index is 2.12. The second-order valence-electron chi connectivity index (χ2n) is 4.01. The van der Waals surface area contributed by atoms with Crippen LogP contribution in [0, 0.1) is 6.92 Å². The highest BCUT2D eigenvalue weighted by molar-refractivity contribution is 6.29. The number of rotatable bonds is 3. The third-order valence-electron chi connectivity index (χ3n) is 2.65. The second-order valence-corrected chi connectivity index (χ2v) is 4.40. The van der Waals surface area contributed by atoms with Crippen LogP contribution < -0.4 is 0 Å². The molecular weight excluding hydrogens is 252 g/mol. The normalized spacial score (nSPS) is 10.4. The van der Waals surface area contributed by atoms with E-state index in [1.807, 2.05) is 13.0 Å². The lowest BCUT2D eigenvalue weighted by atomic mass is 10.2. The summed E-state index contributed by atoms with van der Waals surface area (Å²) in [4.78, 5) is 17.7. The summed E-state index contributed by atoms with van der Waals surface area (Å²) < 4.78 is 5.20. The van der Waals surface area contributed by atoms with Gasteiger partial charge in [0, 0.05) is 19.2 Å². The largest absolute Gasteiger partial charge is 0.469 e. The van der Waals surface area contributed by atoms with Crippen molar-refractivity contribution in [2.24, 2.45) is 0 Å². The summed E-state index contributed by atoms with van der Waals surface area (Å²) >= 11 is 5.76. The predicted molar refractivity (Wildman–Crippen MR) is 68.5 cm³/mol. The molecule has 18 heavy (non-hydrogen) atoms. The lowest BCUT2D eigenvalue weighted by Crippen LogP contribution is -2.27. The van der Waals surface area contributed by atoms with Crippen LogP contribution >= 0.6 is 11.6 Å². The molecule has 0 N–H and O–H groups in total. The Morgan fingerprint density at radius 1 is 1.44 bits per heavy atom. The Morgan fingerprint density at radius 2 is 2.22 bits per heavy atom. The van der Waals surface area contributed by atoms with Crippen molar-refractivity contribution in [3.05, 3.63) is 52.7 Å². The molecule has 0 aliphatic heterocycles. The molecule has 4 nitrogen and oxygen atoms in total. The molecule has 0 bridgehead atoms. The molecule has 0 aromatic carbocycles. The first-order chi connectivity index (χ1) is 8.58. The van der Waals surface area contributed by atoms with Crippen molar-refractivity contribution in [3.63, 3.8) is 0 Å².